The molecule has 0 aromatic heterocycles. The number of ether oxygens (including phenoxy) is 1. The van der Waals surface area contributed by atoms with Crippen molar-refractivity contribution in [3.8, 4) is 0 Å². The maximum absolute atomic E-state index is 5.57. The van der Waals surface area contributed by atoms with Gasteiger partial charge in [0, 0.05) is 11.8 Å². The molecular formula is C18H18O. The van der Waals surface area contributed by atoms with E-state index >= 15 is 0 Å². The van der Waals surface area contributed by atoms with E-state index in [2.05, 4.69) is 55.5 Å². The number of epoxide rings is 1. The van der Waals surface area contributed by atoms with Gasteiger partial charge in [-0.2, -0.15) is 0 Å². The molecule has 2 aliphatic rings. The molecule has 2 aromatic rings. The molecule has 1 aliphatic heterocycles. The summed E-state index contributed by atoms with van der Waals surface area (Å²) >= 11 is 0. The van der Waals surface area contributed by atoms with Crippen molar-refractivity contribution in [2.45, 2.75) is 31.3 Å². The molecule has 2 aromatic carbocycles. The average Bonchev–Trinajstić information content (AvgIpc) is 3.21. The minimum atomic E-state index is 0.467. The van der Waals surface area contributed by atoms with Gasteiger partial charge in [-0.25, -0.2) is 0 Å². The Bertz CT molecular complexity index is 598. The van der Waals surface area contributed by atoms with E-state index in [1.165, 1.54) is 28.7 Å². The molecular weight excluding hydrogens is 232 g/mol. The number of rotatable bonds is 2. The first kappa shape index (κ1) is 11.2. The Kier molecular flexibility index (Phi) is 2.49. The second-order valence-electron chi connectivity index (χ2n) is 5.81. The Morgan fingerprint density at radius 1 is 1.00 bits per heavy atom. The summed E-state index contributed by atoms with van der Waals surface area (Å²) in [6.07, 6.45) is 1.67. The van der Waals surface area contributed by atoms with Crippen molar-refractivity contribution < 1.29 is 4.74 Å². The molecule has 1 fully saturated rings. The van der Waals surface area contributed by atoms with E-state index in [1.54, 1.807) is 0 Å². The first-order valence-electron chi connectivity index (χ1n) is 7.10. The molecule has 0 amide bonds. The van der Waals surface area contributed by atoms with Crippen LogP contribution in [0, 0.1) is 6.92 Å². The first-order chi connectivity index (χ1) is 9.33. The third-order valence-corrected chi connectivity index (χ3v) is 4.52. The van der Waals surface area contributed by atoms with Gasteiger partial charge in [0.15, 0.2) is 0 Å². The number of fused-ring (bicyclic) bond motifs is 1. The zero-order valence-electron chi connectivity index (χ0n) is 11.2. The highest BCUT2D eigenvalue weighted by Gasteiger charge is 2.41. The van der Waals surface area contributed by atoms with Crippen LogP contribution >= 0.6 is 0 Å². The lowest BCUT2D eigenvalue weighted by atomic mass is 9.92. The molecule has 1 saturated heterocycles. The number of hydrogen-bond acceptors (Lipinski definition) is 1. The minimum absolute atomic E-state index is 0.467. The van der Waals surface area contributed by atoms with Crippen LogP contribution < -0.4 is 0 Å². The molecule has 1 unspecified atom stereocenters. The van der Waals surface area contributed by atoms with Gasteiger partial charge in [-0.15, -0.1) is 0 Å². The van der Waals surface area contributed by atoms with Crippen molar-refractivity contribution in [1.29, 1.82) is 0 Å². The van der Waals surface area contributed by atoms with Crippen LogP contribution in [0.3, 0.4) is 0 Å². The third kappa shape index (κ3) is 1.89. The molecule has 0 saturated carbocycles. The highest BCUT2D eigenvalue weighted by molar-refractivity contribution is 5.47. The summed E-state index contributed by atoms with van der Waals surface area (Å²) in [5, 5.41) is 0. The predicted molar refractivity (Wildman–Crippen MR) is 76.6 cm³/mol. The molecule has 1 aliphatic carbocycles. The summed E-state index contributed by atoms with van der Waals surface area (Å²) in [7, 11) is 0. The molecule has 1 nitrogen and oxygen atoms in total. The second-order valence-corrected chi connectivity index (χ2v) is 5.81. The lowest BCUT2D eigenvalue weighted by molar-refractivity contribution is 0.369. The topological polar surface area (TPSA) is 12.5 Å². The van der Waals surface area contributed by atoms with Crippen LogP contribution in [0.5, 0.6) is 0 Å². The molecule has 4 rings (SSSR count). The van der Waals surface area contributed by atoms with Crippen LogP contribution in [-0.4, -0.2) is 12.7 Å². The van der Waals surface area contributed by atoms with E-state index < -0.39 is 0 Å². The van der Waals surface area contributed by atoms with Gasteiger partial charge < -0.3 is 4.74 Å². The number of hydrogen-bond donors (Lipinski definition) is 0. The fourth-order valence-corrected chi connectivity index (χ4v) is 3.48. The maximum Gasteiger partial charge on any atom is 0.0878 e. The molecule has 0 bridgehead atoms. The Morgan fingerprint density at radius 3 is 2.53 bits per heavy atom. The van der Waals surface area contributed by atoms with Gasteiger partial charge in [0.2, 0.25) is 0 Å². The highest BCUT2D eigenvalue weighted by atomic mass is 16.6. The van der Waals surface area contributed by atoms with Crippen molar-refractivity contribution in [1.82, 2.24) is 0 Å². The summed E-state index contributed by atoms with van der Waals surface area (Å²) < 4.78 is 5.57. The second kappa shape index (κ2) is 4.21. The fraction of sp³-hybridized carbons (Fsp3) is 0.333. The highest BCUT2D eigenvalue weighted by Crippen LogP contribution is 2.49. The fourth-order valence-electron chi connectivity index (χ4n) is 3.48. The third-order valence-electron chi connectivity index (χ3n) is 4.52. The summed E-state index contributed by atoms with van der Waals surface area (Å²) in [5.41, 5.74) is 5.84. The Hall–Kier alpha value is -1.60. The van der Waals surface area contributed by atoms with E-state index in [0.717, 1.165) is 6.61 Å². The zero-order valence-corrected chi connectivity index (χ0v) is 11.2. The van der Waals surface area contributed by atoms with Crippen LogP contribution in [0.1, 0.15) is 40.5 Å². The molecule has 0 radical (unpaired) electrons. The lowest BCUT2D eigenvalue weighted by Crippen LogP contribution is -2.02. The van der Waals surface area contributed by atoms with Gasteiger partial charge in [0.25, 0.3) is 0 Å². The molecule has 19 heavy (non-hydrogen) atoms. The summed E-state index contributed by atoms with van der Waals surface area (Å²) in [6, 6.07) is 17.8. The quantitative estimate of drug-likeness (QED) is 0.734. The van der Waals surface area contributed by atoms with Gasteiger partial charge >= 0.3 is 0 Å². The van der Waals surface area contributed by atoms with Crippen LogP contribution in [-0.2, 0) is 4.74 Å². The Morgan fingerprint density at radius 2 is 1.79 bits per heavy atom. The van der Waals surface area contributed by atoms with E-state index in [4.69, 9.17) is 4.74 Å². The van der Waals surface area contributed by atoms with Crippen molar-refractivity contribution in [3.63, 3.8) is 0 Å². The van der Waals surface area contributed by atoms with Crippen LogP contribution in [0.15, 0.2) is 48.5 Å². The van der Waals surface area contributed by atoms with Gasteiger partial charge in [0.05, 0.1) is 12.7 Å². The average molecular weight is 250 g/mol. The smallest absolute Gasteiger partial charge is 0.0878 e. The normalized spacial score (nSPS) is 28.2. The van der Waals surface area contributed by atoms with Crippen LogP contribution in [0.4, 0.5) is 0 Å². The lowest BCUT2D eigenvalue weighted by Gasteiger charge is -2.12. The molecule has 1 heterocycles. The van der Waals surface area contributed by atoms with Crippen LogP contribution in [0.2, 0.25) is 0 Å². The SMILES string of the molecule is Cc1ccc2c(c1)[C@@H](C1CO1)C[C@H]2c1ccccc1. The van der Waals surface area contributed by atoms with E-state index in [9.17, 15) is 0 Å². The molecule has 1 heteroatoms. The van der Waals surface area contributed by atoms with Crippen LogP contribution in [0.25, 0.3) is 0 Å². The van der Waals surface area contributed by atoms with Crippen molar-refractivity contribution in [2.75, 3.05) is 6.61 Å². The van der Waals surface area contributed by atoms with Gasteiger partial charge in [-0.05, 0) is 30.0 Å². The van der Waals surface area contributed by atoms with Gasteiger partial charge in [0.1, 0.15) is 0 Å². The summed E-state index contributed by atoms with van der Waals surface area (Å²) in [6.45, 7) is 3.13. The van der Waals surface area contributed by atoms with Gasteiger partial charge in [-0.1, -0.05) is 54.1 Å². The minimum Gasteiger partial charge on any atom is -0.372 e. The standard InChI is InChI=1S/C18H18O/c1-12-7-8-14-15(13-5-3-2-4-6-13)10-17(16(14)9-12)18-11-19-18/h2-9,15,17-18H,10-11H2,1H3/t15-,17-,18?/m0/s1. The van der Waals surface area contributed by atoms with Crippen molar-refractivity contribution in [2.24, 2.45) is 0 Å². The monoisotopic (exact) mass is 250 g/mol. The maximum atomic E-state index is 5.57. The number of benzene rings is 2. The van der Waals surface area contributed by atoms with E-state index in [1.807, 2.05) is 0 Å². The van der Waals surface area contributed by atoms with Crippen molar-refractivity contribution in [3.05, 3.63) is 70.8 Å². The van der Waals surface area contributed by atoms with E-state index in [-0.39, 0.29) is 0 Å². The van der Waals surface area contributed by atoms with Gasteiger partial charge in [-0.3, -0.25) is 0 Å². The molecule has 96 valence electrons. The zero-order chi connectivity index (χ0) is 12.8. The molecule has 0 N–H and O–H groups in total. The molecule has 3 atom stereocenters. The largest absolute Gasteiger partial charge is 0.372 e. The summed E-state index contributed by atoms with van der Waals surface area (Å²) in [4.78, 5) is 0. The van der Waals surface area contributed by atoms with E-state index in [0.29, 0.717) is 17.9 Å². The van der Waals surface area contributed by atoms with Crippen molar-refractivity contribution >= 4 is 0 Å². The number of aryl methyl sites for hydroxylation is 1. The Labute approximate surface area is 114 Å². The summed E-state index contributed by atoms with van der Waals surface area (Å²) in [5.74, 6) is 1.14. The predicted octanol–water partition coefficient (Wildman–Crippen LogP) is 4.01. The molecule has 0 spiro atoms. The Balaban J connectivity index is 1.80. The first-order valence-corrected chi connectivity index (χ1v) is 7.10.